The molecular weight excluding hydrogens is 741 g/mol. The number of hydrogen-bond acceptors (Lipinski definition) is 2. The summed E-state index contributed by atoms with van der Waals surface area (Å²) in [4.78, 5) is 8.02. The van der Waals surface area contributed by atoms with Crippen molar-refractivity contribution in [2.75, 3.05) is 4.90 Å². The average Bonchev–Trinajstić information content (AvgIpc) is 3.99. The molecular formula is C57H44N4. The highest BCUT2D eigenvalue weighted by Gasteiger charge is 2.31. The van der Waals surface area contributed by atoms with Gasteiger partial charge in [-0.15, -0.1) is 0 Å². The van der Waals surface area contributed by atoms with Gasteiger partial charge in [-0.3, -0.25) is 4.40 Å². The van der Waals surface area contributed by atoms with E-state index in [0.29, 0.717) is 0 Å². The molecule has 0 N–H and O–H groups in total. The summed E-state index contributed by atoms with van der Waals surface area (Å²) in [5.41, 5.74) is 13.0. The third-order valence-electron chi connectivity index (χ3n) is 13.6. The van der Waals surface area contributed by atoms with E-state index in [0.717, 1.165) is 28.2 Å². The second-order valence-electron chi connectivity index (χ2n) is 19.3. The van der Waals surface area contributed by atoms with Gasteiger partial charge in [-0.05, 0) is 104 Å². The van der Waals surface area contributed by atoms with Crippen LogP contribution in [0.4, 0.5) is 17.1 Å². The molecule has 0 bridgehead atoms. The third kappa shape index (κ3) is 4.57. The van der Waals surface area contributed by atoms with Crippen LogP contribution in [-0.2, 0) is 10.8 Å². The fraction of sp³-hybridized carbons (Fsp3) is 0.140. The van der Waals surface area contributed by atoms with Crippen LogP contribution in [-0.4, -0.2) is 13.8 Å². The van der Waals surface area contributed by atoms with Gasteiger partial charge in [0.1, 0.15) is 5.65 Å². The first-order valence-corrected chi connectivity index (χ1v) is 21.6. The van der Waals surface area contributed by atoms with Crippen molar-refractivity contribution in [2.45, 2.75) is 52.4 Å². The monoisotopic (exact) mass is 784 g/mol. The van der Waals surface area contributed by atoms with Crippen LogP contribution < -0.4 is 4.90 Å². The lowest BCUT2D eigenvalue weighted by atomic mass is 9.85. The number of aromatic nitrogens is 3. The van der Waals surface area contributed by atoms with E-state index in [1.807, 2.05) is 0 Å². The Morgan fingerprint density at radius 2 is 0.984 bits per heavy atom. The van der Waals surface area contributed by atoms with E-state index in [4.69, 9.17) is 4.98 Å². The summed E-state index contributed by atoms with van der Waals surface area (Å²) in [6.07, 6.45) is 2.17. The zero-order valence-corrected chi connectivity index (χ0v) is 35.3. The van der Waals surface area contributed by atoms with Gasteiger partial charge < -0.3 is 9.30 Å². The van der Waals surface area contributed by atoms with Crippen molar-refractivity contribution in [3.8, 4) is 0 Å². The minimum atomic E-state index is -0.0927. The van der Waals surface area contributed by atoms with Gasteiger partial charge in [0.15, 0.2) is 0 Å². The lowest BCUT2D eigenvalue weighted by Gasteiger charge is -2.27. The molecule has 0 atom stereocenters. The predicted octanol–water partition coefficient (Wildman–Crippen LogP) is 15.8. The van der Waals surface area contributed by atoms with Gasteiger partial charge in [0.25, 0.3) is 0 Å². The summed E-state index contributed by atoms with van der Waals surface area (Å²) >= 11 is 0. The van der Waals surface area contributed by atoms with Gasteiger partial charge in [-0.2, -0.15) is 0 Å². The zero-order valence-electron chi connectivity index (χ0n) is 35.3. The van der Waals surface area contributed by atoms with E-state index < -0.39 is 0 Å². The van der Waals surface area contributed by atoms with Crippen LogP contribution in [0.3, 0.4) is 0 Å². The molecule has 0 fully saturated rings. The predicted molar refractivity (Wildman–Crippen MR) is 261 cm³/mol. The first-order chi connectivity index (χ1) is 29.6. The maximum absolute atomic E-state index is 5.58. The summed E-state index contributed by atoms with van der Waals surface area (Å²) < 4.78 is 5.04. The number of rotatable bonds is 3. The highest BCUT2D eigenvalue weighted by molar-refractivity contribution is 6.40. The van der Waals surface area contributed by atoms with Crippen molar-refractivity contribution >= 4 is 115 Å². The summed E-state index contributed by atoms with van der Waals surface area (Å²) in [5.74, 6) is 0. The molecule has 5 heterocycles. The molecule has 0 saturated heterocycles. The van der Waals surface area contributed by atoms with E-state index in [1.54, 1.807) is 0 Å². The fourth-order valence-electron chi connectivity index (χ4n) is 10.7. The highest BCUT2D eigenvalue weighted by atomic mass is 15.2. The fourth-order valence-corrected chi connectivity index (χ4v) is 10.7. The number of benzene rings is 8. The van der Waals surface area contributed by atoms with Crippen molar-refractivity contribution in [3.05, 3.63) is 169 Å². The molecule has 4 heteroatoms. The third-order valence-corrected chi connectivity index (χ3v) is 13.6. The minimum absolute atomic E-state index is 0.0316. The van der Waals surface area contributed by atoms with Crippen molar-refractivity contribution < 1.29 is 0 Å². The standard InChI is InChI=1S/C57H44N4/c1-56(2,3)35-25-26-45-41(29-35)42-27-33-17-13-16-24-40(33)50-51-49-44-31-36(57(4,5)6)30-43-48-39-23-15-14-18-34(39)28-46(59(37-19-9-7-10-20-37)38-21-11-8-12-22-38)54(48)60(52(43)44)47(49)32-58-55(51)61(45)53(42)50/h7-32H,1-6H3. The van der Waals surface area contributed by atoms with Crippen LogP contribution in [0.5, 0.6) is 0 Å². The lowest BCUT2D eigenvalue weighted by Crippen LogP contribution is -2.11. The number of nitrogens with zero attached hydrogens (tertiary/aromatic N) is 4. The van der Waals surface area contributed by atoms with Gasteiger partial charge in [-0.25, -0.2) is 4.98 Å². The van der Waals surface area contributed by atoms with Crippen molar-refractivity contribution in [1.82, 2.24) is 13.8 Å². The quantitative estimate of drug-likeness (QED) is 0.178. The molecule has 8 aromatic carbocycles. The Hall–Kier alpha value is -7.17. The number of hydrogen-bond donors (Lipinski definition) is 0. The van der Waals surface area contributed by atoms with Crippen LogP contribution in [0.15, 0.2) is 158 Å². The Labute approximate surface area is 353 Å². The van der Waals surface area contributed by atoms with Crippen molar-refractivity contribution in [2.24, 2.45) is 0 Å². The smallest absolute Gasteiger partial charge is 0.146 e. The SMILES string of the molecule is CC(C)(C)c1ccc2c(c1)c1cc3ccccc3c3c4c5c6cc(C(C)(C)C)cc7c8c9ccccc9cc(N(c9ccccc9)c9ccccc9)c8n(c5cnc4n2c13)c67. The summed E-state index contributed by atoms with van der Waals surface area (Å²) in [5, 5.41) is 15.2. The second kappa shape index (κ2) is 11.8. The average molecular weight is 785 g/mol. The number of pyridine rings is 1. The minimum Gasteiger partial charge on any atom is -0.308 e. The molecule has 13 aromatic rings. The van der Waals surface area contributed by atoms with Crippen LogP contribution in [0.1, 0.15) is 52.7 Å². The van der Waals surface area contributed by atoms with E-state index in [-0.39, 0.29) is 10.8 Å². The summed E-state index contributed by atoms with van der Waals surface area (Å²) in [7, 11) is 0. The first kappa shape index (κ1) is 34.7. The molecule has 0 saturated carbocycles. The van der Waals surface area contributed by atoms with Crippen LogP contribution in [0.25, 0.3) is 97.9 Å². The molecule has 0 unspecified atom stereocenters. The first-order valence-electron chi connectivity index (χ1n) is 21.6. The molecule has 0 amide bonds. The molecule has 0 aliphatic heterocycles. The molecule has 292 valence electrons. The molecule has 0 aliphatic carbocycles. The van der Waals surface area contributed by atoms with Crippen molar-refractivity contribution in [1.29, 1.82) is 0 Å². The molecule has 61 heavy (non-hydrogen) atoms. The van der Waals surface area contributed by atoms with Gasteiger partial charge in [0.05, 0.1) is 39.5 Å². The van der Waals surface area contributed by atoms with Crippen LogP contribution >= 0.6 is 0 Å². The maximum Gasteiger partial charge on any atom is 0.146 e. The Kier molecular flexibility index (Phi) is 6.69. The molecule has 0 aliphatic rings. The van der Waals surface area contributed by atoms with E-state index in [1.165, 1.54) is 97.8 Å². The number of para-hydroxylation sites is 2. The van der Waals surface area contributed by atoms with E-state index >= 15 is 0 Å². The van der Waals surface area contributed by atoms with E-state index in [9.17, 15) is 0 Å². The normalized spacial score (nSPS) is 13.1. The van der Waals surface area contributed by atoms with Gasteiger partial charge in [0, 0.05) is 54.5 Å². The highest BCUT2D eigenvalue weighted by Crippen LogP contribution is 2.52. The Balaban J connectivity index is 1.30. The zero-order chi connectivity index (χ0) is 41.1. The van der Waals surface area contributed by atoms with Crippen LogP contribution in [0.2, 0.25) is 0 Å². The molecule has 13 rings (SSSR count). The van der Waals surface area contributed by atoms with Gasteiger partial charge in [-0.1, -0.05) is 133 Å². The van der Waals surface area contributed by atoms with Gasteiger partial charge >= 0.3 is 0 Å². The molecule has 0 spiro atoms. The number of fused-ring (bicyclic) bond motifs is 17. The largest absolute Gasteiger partial charge is 0.308 e. The summed E-state index contributed by atoms with van der Waals surface area (Å²) in [6.45, 7) is 14.0. The molecule has 4 nitrogen and oxygen atoms in total. The topological polar surface area (TPSA) is 24.9 Å². The Morgan fingerprint density at radius 1 is 0.410 bits per heavy atom. The Bertz CT molecular complexity index is 3890. The summed E-state index contributed by atoms with van der Waals surface area (Å²) in [6, 6.07) is 56.5. The van der Waals surface area contributed by atoms with E-state index in [2.05, 4.69) is 213 Å². The molecule has 0 radical (unpaired) electrons. The maximum atomic E-state index is 5.58. The lowest BCUT2D eigenvalue weighted by molar-refractivity contribution is 0.591. The van der Waals surface area contributed by atoms with Crippen LogP contribution in [0, 0.1) is 0 Å². The van der Waals surface area contributed by atoms with Crippen molar-refractivity contribution in [3.63, 3.8) is 0 Å². The Morgan fingerprint density at radius 3 is 1.64 bits per heavy atom. The number of anilines is 3. The molecule has 5 aromatic heterocycles. The van der Waals surface area contributed by atoms with Gasteiger partial charge in [0.2, 0.25) is 0 Å². The second-order valence-corrected chi connectivity index (χ2v) is 19.3.